The average molecular weight is 473 g/mol. The molecule has 2 aromatic carbocycles. The Bertz CT molecular complexity index is 1180. The lowest BCUT2D eigenvalue weighted by molar-refractivity contribution is 0.0726. The van der Waals surface area contributed by atoms with Crippen molar-refractivity contribution in [2.24, 2.45) is 5.92 Å². The van der Waals surface area contributed by atoms with Crippen molar-refractivity contribution in [3.8, 4) is 22.9 Å². The Kier molecular flexibility index (Phi) is 6.57. The minimum Gasteiger partial charge on any atom is -0.496 e. The van der Waals surface area contributed by atoms with Crippen LogP contribution in [0.5, 0.6) is 11.5 Å². The first-order chi connectivity index (χ1) is 17.1. The molecule has 2 aliphatic heterocycles. The van der Waals surface area contributed by atoms with E-state index in [4.69, 9.17) is 19.4 Å². The van der Waals surface area contributed by atoms with Crippen molar-refractivity contribution in [2.45, 2.75) is 32.7 Å². The van der Waals surface area contributed by atoms with Crippen molar-refractivity contribution in [1.82, 2.24) is 14.9 Å². The zero-order chi connectivity index (χ0) is 24.4. The lowest BCUT2D eigenvalue weighted by Gasteiger charge is -2.36. The summed E-state index contributed by atoms with van der Waals surface area (Å²) in [5.41, 5.74) is 3.55. The van der Waals surface area contributed by atoms with Crippen LogP contribution in [-0.4, -0.2) is 54.6 Å². The molecule has 1 fully saturated rings. The molecule has 0 N–H and O–H groups in total. The first-order valence-corrected chi connectivity index (χ1v) is 12.3. The van der Waals surface area contributed by atoms with E-state index in [9.17, 15) is 4.79 Å². The van der Waals surface area contributed by atoms with Crippen molar-refractivity contribution >= 4 is 11.7 Å². The fourth-order valence-electron chi connectivity index (χ4n) is 4.99. The van der Waals surface area contributed by atoms with Gasteiger partial charge in [-0.05, 0) is 30.9 Å². The Balaban J connectivity index is 1.53. The normalized spacial score (nSPS) is 16.1. The van der Waals surface area contributed by atoms with Crippen LogP contribution >= 0.6 is 0 Å². The van der Waals surface area contributed by atoms with Crippen LogP contribution in [0.2, 0.25) is 0 Å². The second-order valence-corrected chi connectivity index (χ2v) is 9.35. The molecule has 182 valence electrons. The summed E-state index contributed by atoms with van der Waals surface area (Å²) in [6, 6.07) is 15.6. The van der Waals surface area contributed by atoms with E-state index in [1.54, 1.807) is 26.4 Å². The van der Waals surface area contributed by atoms with Gasteiger partial charge in [0, 0.05) is 37.2 Å². The van der Waals surface area contributed by atoms with E-state index in [2.05, 4.69) is 24.0 Å². The highest BCUT2D eigenvalue weighted by Gasteiger charge is 2.31. The highest BCUT2D eigenvalue weighted by Crippen LogP contribution is 2.35. The smallest absolute Gasteiger partial charge is 0.261 e. The summed E-state index contributed by atoms with van der Waals surface area (Å²) < 4.78 is 11.0. The monoisotopic (exact) mass is 472 g/mol. The van der Waals surface area contributed by atoms with Crippen LogP contribution < -0.4 is 14.4 Å². The molecule has 0 saturated carbocycles. The third-order valence-corrected chi connectivity index (χ3v) is 7.08. The summed E-state index contributed by atoms with van der Waals surface area (Å²) >= 11 is 0. The molecule has 0 aliphatic carbocycles. The van der Waals surface area contributed by atoms with E-state index in [0.717, 1.165) is 54.4 Å². The standard InChI is InChI=1S/C28H32N4O3/c1-19-12-15-31(16-13-19)27-21-18-32(28(33)25-23(34-2)10-7-11-24(25)35-3)17-14-22(21)29-26(30-27)20-8-5-4-6-9-20/h4-11,19H,12-18H2,1-3H3. The summed E-state index contributed by atoms with van der Waals surface area (Å²) in [6.07, 6.45) is 2.96. The van der Waals surface area contributed by atoms with Gasteiger partial charge in [0.15, 0.2) is 5.82 Å². The lowest BCUT2D eigenvalue weighted by atomic mass is 9.97. The summed E-state index contributed by atoms with van der Waals surface area (Å²) in [6.45, 7) is 5.28. The second-order valence-electron chi connectivity index (χ2n) is 9.35. The Morgan fingerprint density at radius 3 is 2.26 bits per heavy atom. The predicted molar refractivity (Wildman–Crippen MR) is 136 cm³/mol. The van der Waals surface area contributed by atoms with Crippen molar-refractivity contribution in [2.75, 3.05) is 38.8 Å². The summed E-state index contributed by atoms with van der Waals surface area (Å²) in [7, 11) is 3.15. The quantitative estimate of drug-likeness (QED) is 0.541. The molecule has 2 aliphatic rings. The number of nitrogens with zero attached hydrogens (tertiary/aromatic N) is 4. The molecule has 1 aromatic heterocycles. The molecule has 1 amide bonds. The van der Waals surface area contributed by atoms with Gasteiger partial charge in [-0.25, -0.2) is 9.97 Å². The van der Waals surface area contributed by atoms with Crippen LogP contribution in [0, 0.1) is 5.92 Å². The van der Waals surface area contributed by atoms with Gasteiger partial charge in [0.25, 0.3) is 5.91 Å². The number of benzene rings is 2. The summed E-state index contributed by atoms with van der Waals surface area (Å²) in [5.74, 6) is 3.36. The minimum atomic E-state index is -0.102. The molecule has 7 heteroatoms. The Morgan fingerprint density at radius 2 is 1.60 bits per heavy atom. The lowest BCUT2D eigenvalue weighted by Crippen LogP contribution is -2.40. The molecule has 7 nitrogen and oxygen atoms in total. The molecule has 5 rings (SSSR count). The number of hydrogen-bond donors (Lipinski definition) is 0. The van der Waals surface area contributed by atoms with E-state index < -0.39 is 0 Å². The van der Waals surface area contributed by atoms with Gasteiger partial charge in [-0.15, -0.1) is 0 Å². The fraction of sp³-hybridized carbons (Fsp3) is 0.393. The van der Waals surface area contributed by atoms with Gasteiger partial charge in [-0.3, -0.25) is 4.79 Å². The van der Waals surface area contributed by atoms with Crippen LogP contribution in [0.3, 0.4) is 0 Å². The second kappa shape index (κ2) is 9.94. The SMILES string of the molecule is COc1cccc(OC)c1C(=O)N1CCc2nc(-c3ccccc3)nc(N3CCC(C)CC3)c2C1. The van der Waals surface area contributed by atoms with Crippen molar-refractivity contribution in [1.29, 1.82) is 0 Å². The minimum absolute atomic E-state index is 0.102. The van der Waals surface area contributed by atoms with Crippen molar-refractivity contribution in [3.05, 3.63) is 65.4 Å². The number of ether oxygens (including phenoxy) is 2. The van der Waals surface area contributed by atoms with E-state index in [1.807, 2.05) is 29.2 Å². The fourth-order valence-corrected chi connectivity index (χ4v) is 4.99. The van der Waals surface area contributed by atoms with Gasteiger partial charge < -0.3 is 19.3 Å². The highest BCUT2D eigenvalue weighted by atomic mass is 16.5. The molecule has 35 heavy (non-hydrogen) atoms. The molecule has 0 spiro atoms. The number of carbonyl (C=O) groups excluding carboxylic acids is 1. The third-order valence-electron chi connectivity index (χ3n) is 7.08. The van der Waals surface area contributed by atoms with Gasteiger partial charge in [-0.1, -0.05) is 43.3 Å². The zero-order valence-electron chi connectivity index (χ0n) is 20.7. The number of carbonyl (C=O) groups is 1. The number of piperidine rings is 1. The molecule has 0 atom stereocenters. The predicted octanol–water partition coefficient (Wildman–Crippen LogP) is 4.60. The molecular formula is C28H32N4O3. The number of anilines is 1. The number of fused-ring (bicyclic) bond motifs is 1. The van der Waals surface area contributed by atoms with Gasteiger partial charge in [-0.2, -0.15) is 0 Å². The molecule has 0 bridgehead atoms. The maximum absolute atomic E-state index is 13.7. The Hall–Kier alpha value is -3.61. The molecule has 3 aromatic rings. The number of methoxy groups -OCH3 is 2. The number of amides is 1. The highest BCUT2D eigenvalue weighted by molar-refractivity contribution is 6.00. The van der Waals surface area contributed by atoms with Crippen LogP contribution in [0.4, 0.5) is 5.82 Å². The van der Waals surface area contributed by atoms with Gasteiger partial charge in [0.05, 0.1) is 26.5 Å². The van der Waals surface area contributed by atoms with Gasteiger partial charge in [0.1, 0.15) is 22.9 Å². The van der Waals surface area contributed by atoms with Gasteiger partial charge >= 0.3 is 0 Å². The Morgan fingerprint density at radius 1 is 0.914 bits per heavy atom. The first-order valence-electron chi connectivity index (χ1n) is 12.3. The molecule has 0 unspecified atom stereocenters. The maximum Gasteiger partial charge on any atom is 0.261 e. The number of rotatable bonds is 5. The topological polar surface area (TPSA) is 67.8 Å². The largest absolute Gasteiger partial charge is 0.496 e. The van der Waals surface area contributed by atoms with E-state index in [0.29, 0.717) is 42.5 Å². The van der Waals surface area contributed by atoms with E-state index in [1.165, 1.54) is 0 Å². The number of hydrogen-bond acceptors (Lipinski definition) is 6. The van der Waals surface area contributed by atoms with E-state index in [-0.39, 0.29) is 5.91 Å². The molecule has 0 radical (unpaired) electrons. The van der Waals surface area contributed by atoms with Crippen LogP contribution in [0.25, 0.3) is 11.4 Å². The average Bonchev–Trinajstić information content (AvgIpc) is 2.92. The maximum atomic E-state index is 13.7. The summed E-state index contributed by atoms with van der Waals surface area (Å²) in [5, 5.41) is 0. The summed E-state index contributed by atoms with van der Waals surface area (Å²) in [4.78, 5) is 28.0. The van der Waals surface area contributed by atoms with E-state index >= 15 is 0 Å². The first kappa shape index (κ1) is 23.1. The van der Waals surface area contributed by atoms with Crippen LogP contribution in [-0.2, 0) is 13.0 Å². The Labute approximate surface area is 206 Å². The number of aromatic nitrogens is 2. The van der Waals surface area contributed by atoms with Crippen molar-refractivity contribution < 1.29 is 14.3 Å². The molecule has 1 saturated heterocycles. The van der Waals surface area contributed by atoms with Crippen LogP contribution in [0.1, 0.15) is 41.4 Å². The zero-order valence-corrected chi connectivity index (χ0v) is 20.7. The van der Waals surface area contributed by atoms with Crippen molar-refractivity contribution in [3.63, 3.8) is 0 Å². The molecule has 3 heterocycles. The van der Waals surface area contributed by atoms with Gasteiger partial charge in [0.2, 0.25) is 0 Å². The van der Waals surface area contributed by atoms with Crippen LogP contribution in [0.15, 0.2) is 48.5 Å². The third kappa shape index (κ3) is 4.55. The molecular weight excluding hydrogens is 440 g/mol.